The maximum absolute atomic E-state index is 12.7. The fourth-order valence-electron chi connectivity index (χ4n) is 4.96. The first-order valence-corrected chi connectivity index (χ1v) is 12.7. The van der Waals surface area contributed by atoms with Gasteiger partial charge in [-0.1, -0.05) is 18.2 Å². The number of ether oxygens (including phenoxy) is 1. The van der Waals surface area contributed by atoms with Crippen LogP contribution in [0.3, 0.4) is 0 Å². The molecule has 1 fully saturated rings. The molecule has 196 valence electrons. The Morgan fingerprint density at radius 1 is 0.947 bits per heavy atom. The van der Waals surface area contributed by atoms with Gasteiger partial charge in [-0.25, -0.2) is 9.97 Å². The van der Waals surface area contributed by atoms with Crippen LogP contribution in [-0.2, 0) is 21.4 Å². The van der Waals surface area contributed by atoms with Crippen LogP contribution in [0, 0.1) is 5.41 Å². The van der Waals surface area contributed by atoms with Crippen molar-refractivity contribution in [3.63, 3.8) is 0 Å². The number of aromatic nitrogens is 6. The lowest BCUT2D eigenvalue weighted by Gasteiger charge is -2.36. The molecule has 1 aliphatic carbocycles. The molecule has 2 N–H and O–H groups in total. The van der Waals surface area contributed by atoms with Crippen molar-refractivity contribution in [2.24, 2.45) is 18.2 Å². The number of rotatable bonds is 7. The van der Waals surface area contributed by atoms with E-state index in [1.807, 2.05) is 48.5 Å². The second-order valence-electron chi connectivity index (χ2n) is 10.1. The van der Waals surface area contributed by atoms with Crippen LogP contribution >= 0.6 is 0 Å². The summed E-state index contributed by atoms with van der Waals surface area (Å²) in [5.74, 6) is -0.510. The van der Waals surface area contributed by atoms with Crippen LogP contribution < -0.4 is 5.73 Å². The Morgan fingerprint density at radius 3 is 2.24 bits per heavy atom. The van der Waals surface area contributed by atoms with E-state index in [-0.39, 0.29) is 12.1 Å². The van der Waals surface area contributed by atoms with Gasteiger partial charge in [-0.15, -0.1) is 0 Å². The van der Waals surface area contributed by atoms with Crippen molar-refractivity contribution in [2.45, 2.75) is 51.7 Å². The van der Waals surface area contributed by atoms with Crippen LogP contribution in [0.1, 0.15) is 45.6 Å². The Morgan fingerprint density at radius 2 is 1.61 bits per heavy atom. The number of carbonyl (C=O) groups is 2. The van der Waals surface area contributed by atoms with Gasteiger partial charge in [-0.2, -0.15) is 10.2 Å². The average molecular weight is 514 g/mol. The molecule has 1 aromatic carbocycles. The Balaban J connectivity index is 1.28. The van der Waals surface area contributed by atoms with Crippen molar-refractivity contribution in [2.75, 3.05) is 0 Å². The fourth-order valence-corrected chi connectivity index (χ4v) is 4.96. The lowest BCUT2D eigenvalue weighted by molar-refractivity contribution is -0.166. The number of amides is 1. The van der Waals surface area contributed by atoms with E-state index in [1.165, 1.54) is 0 Å². The van der Waals surface area contributed by atoms with Crippen molar-refractivity contribution in [3.05, 3.63) is 61.4 Å². The second kappa shape index (κ2) is 10.2. The van der Waals surface area contributed by atoms with Crippen molar-refractivity contribution in [3.8, 4) is 33.6 Å². The SMILES string of the molecule is CC(C)OC(=O)C1(C(N)=O)CCC(n2cc(-c3cnc(-c4cccc(-c5cnn(C)c5)c4)nc3)cn2)CC1. The van der Waals surface area contributed by atoms with E-state index in [1.54, 1.807) is 37.1 Å². The largest absolute Gasteiger partial charge is 0.462 e. The number of nitrogens with two attached hydrogens (primary N) is 1. The molecule has 10 nitrogen and oxygen atoms in total. The summed E-state index contributed by atoms with van der Waals surface area (Å²) in [4.78, 5) is 34.1. The fraction of sp³-hybridized carbons (Fsp3) is 0.357. The van der Waals surface area contributed by atoms with E-state index in [9.17, 15) is 9.59 Å². The number of hydrogen-bond donors (Lipinski definition) is 1. The highest BCUT2D eigenvalue weighted by Crippen LogP contribution is 2.42. The van der Waals surface area contributed by atoms with Crippen molar-refractivity contribution in [1.29, 1.82) is 0 Å². The minimum atomic E-state index is -1.27. The van der Waals surface area contributed by atoms with Gasteiger partial charge in [0.25, 0.3) is 0 Å². The summed E-state index contributed by atoms with van der Waals surface area (Å²) < 4.78 is 9.01. The molecule has 0 bridgehead atoms. The van der Waals surface area contributed by atoms with Crippen LogP contribution in [0.15, 0.2) is 61.4 Å². The molecule has 10 heteroatoms. The first-order chi connectivity index (χ1) is 18.2. The average Bonchev–Trinajstić information content (AvgIpc) is 3.58. The normalized spacial score (nSPS) is 19.4. The van der Waals surface area contributed by atoms with Crippen molar-refractivity contribution >= 4 is 11.9 Å². The monoisotopic (exact) mass is 513 g/mol. The maximum atomic E-state index is 12.7. The minimum Gasteiger partial charge on any atom is -0.462 e. The zero-order valence-corrected chi connectivity index (χ0v) is 21.7. The molecule has 0 atom stereocenters. The van der Waals surface area contributed by atoms with Gasteiger partial charge in [0.2, 0.25) is 5.91 Å². The third-order valence-corrected chi connectivity index (χ3v) is 7.13. The molecule has 0 aliphatic heterocycles. The third kappa shape index (κ3) is 4.93. The van der Waals surface area contributed by atoms with Crippen molar-refractivity contribution < 1.29 is 14.3 Å². The summed E-state index contributed by atoms with van der Waals surface area (Å²) in [6.45, 7) is 3.53. The van der Waals surface area contributed by atoms with E-state index in [0.717, 1.165) is 27.8 Å². The van der Waals surface area contributed by atoms with E-state index in [2.05, 4.69) is 26.2 Å². The minimum absolute atomic E-state index is 0.0542. The molecule has 1 aliphatic rings. The van der Waals surface area contributed by atoms with Gasteiger partial charge < -0.3 is 10.5 Å². The summed E-state index contributed by atoms with van der Waals surface area (Å²) in [6.07, 6.45) is 12.7. The topological polar surface area (TPSA) is 131 Å². The van der Waals surface area contributed by atoms with Gasteiger partial charge in [0, 0.05) is 54.1 Å². The number of primary amides is 1. The molecule has 3 aromatic heterocycles. The summed E-state index contributed by atoms with van der Waals surface area (Å²) in [5.41, 5.74) is 9.14. The Kier molecular flexibility index (Phi) is 6.79. The lowest BCUT2D eigenvalue weighted by atomic mass is 9.72. The van der Waals surface area contributed by atoms with Crippen LogP contribution in [0.5, 0.6) is 0 Å². The highest BCUT2D eigenvalue weighted by molar-refractivity contribution is 6.02. The molecule has 0 saturated heterocycles. The zero-order valence-electron chi connectivity index (χ0n) is 21.7. The van der Waals surface area contributed by atoms with Gasteiger partial charge in [0.15, 0.2) is 5.82 Å². The third-order valence-electron chi connectivity index (χ3n) is 7.13. The van der Waals surface area contributed by atoms with Gasteiger partial charge in [0.05, 0.1) is 24.5 Å². The number of benzene rings is 1. The molecular formula is C28H31N7O3. The number of esters is 1. The van der Waals surface area contributed by atoms with Gasteiger partial charge in [-0.05, 0) is 51.2 Å². The van der Waals surface area contributed by atoms with E-state index in [0.29, 0.717) is 31.5 Å². The standard InChI is InChI=1S/C28H31N7O3/c1-18(2)38-27(37)28(26(29)36)9-7-24(8-10-28)35-17-23(15-33-35)21-12-30-25(31-13-21)20-6-4-5-19(11-20)22-14-32-34(3)16-22/h4-6,11-18,24H,7-10H2,1-3H3,(H2,29,36). The van der Waals surface area contributed by atoms with Crippen LogP contribution in [0.25, 0.3) is 33.6 Å². The van der Waals surface area contributed by atoms with Crippen LogP contribution in [0.2, 0.25) is 0 Å². The van der Waals surface area contributed by atoms with Crippen LogP contribution in [-0.4, -0.2) is 47.5 Å². The highest BCUT2D eigenvalue weighted by atomic mass is 16.5. The maximum Gasteiger partial charge on any atom is 0.321 e. The second-order valence-corrected chi connectivity index (χ2v) is 10.1. The number of carbonyl (C=O) groups excluding carboxylic acids is 2. The zero-order chi connectivity index (χ0) is 26.9. The molecule has 38 heavy (non-hydrogen) atoms. The lowest BCUT2D eigenvalue weighted by Crippen LogP contribution is -2.48. The summed E-state index contributed by atoms with van der Waals surface area (Å²) in [6, 6.07) is 8.11. The number of hydrogen-bond acceptors (Lipinski definition) is 7. The quantitative estimate of drug-likeness (QED) is 0.292. The number of nitrogens with zero attached hydrogens (tertiary/aromatic N) is 6. The van der Waals surface area contributed by atoms with Crippen molar-refractivity contribution in [1.82, 2.24) is 29.5 Å². The van der Waals surface area contributed by atoms with Gasteiger partial charge in [-0.3, -0.25) is 19.0 Å². The molecule has 1 amide bonds. The van der Waals surface area contributed by atoms with Gasteiger partial charge >= 0.3 is 5.97 Å². The van der Waals surface area contributed by atoms with E-state index < -0.39 is 17.3 Å². The van der Waals surface area contributed by atoms with Gasteiger partial charge in [0.1, 0.15) is 5.41 Å². The molecule has 5 rings (SSSR count). The van der Waals surface area contributed by atoms with E-state index in [4.69, 9.17) is 10.5 Å². The highest BCUT2D eigenvalue weighted by Gasteiger charge is 2.49. The molecule has 0 radical (unpaired) electrons. The smallest absolute Gasteiger partial charge is 0.321 e. The molecular weight excluding hydrogens is 482 g/mol. The predicted molar refractivity (Wildman–Crippen MR) is 141 cm³/mol. The molecule has 1 saturated carbocycles. The molecule has 3 heterocycles. The summed E-state index contributed by atoms with van der Waals surface area (Å²) in [5, 5.41) is 8.80. The van der Waals surface area contributed by atoms with E-state index >= 15 is 0 Å². The Hall–Kier alpha value is -4.34. The first kappa shape index (κ1) is 25.3. The Bertz CT molecular complexity index is 1450. The molecule has 0 spiro atoms. The first-order valence-electron chi connectivity index (χ1n) is 12.7. The summed E-state index contributed by atoms with van der Waals surface area (Å²) in [7, 11) is 1.89. The summed E-state index contributed by atoms with van der Waals surface area (Å²) >= 11 is 0. The molecule has 4 aromatic rings. The Labute approximate surface area is 220 Å². The van der Waals surface area contributed by atoms with Crippen LogP contribution in [0.4, 0.5) is 0 Å². The predicted octanol–water partition coefficient (Wildman–Crippen LogP) is 3.95. The number of aryl methyl sites for hydroxylation is 1. The molecule has 0 unspecified atom stereocenters.